The molecule has 0 radical (unpaired) electrons. The molecule has 16 heavy (non-hydrogen) atoms. The standard InChI is InChI=1S/C11H20N2O2S/c1-2-3-6-9-12-16(14,15)13-10-7-4-5-8-11-13/h1,12H,3-11H2. The van der Waals surface area contributed by atoms with Crippen LogP contribution in [0.3, 0.4) is 0 Å². The highest BCUT2D eigenvalue weighted by molar-refractivity contribution is 7.87. The zero-order chi connectivity index (χ0) is 11.9. The van der Waals surface area contributed by atoms with E-state index in [-0.39, 0.29) is 0 Å². The lowest BCUT2D eigenvalue weighted by atomic mass is 10.2. The minimum Gasteiger partial charge on any atom is -0.202 e. The third-order valence-corrected chi connectivity index (χ3v) is 4.30. The molecular formula is C11H20N2O2S. The predicted molar refractivity (Wildman–Crippen MR) is 65.0 cm³/mol. The smallest absolute Gasteiger partial charge is 0.202 e. The Morgan fingerprint density at radius 2 is 1.81 bits per heavy atom. The molecule has 1 N–H and O–H groups in total. The number of terminal acetylenes is 1. The molecule has 5 heteroatoms. The molecule has 4 nitrogen and oxygen atoms in total. The molecule has 1 aliphatic heterocycles. The summed E-state index contributed by atoms with van der Waals surface area (Å²) in [6.45, 7) is 1.72. The van der Waals surface area contributed by atoms with E-state index in [1.54, 1.807) is 4.31 Å². The molecule has 1 rings (SSSR count). The Hall–Kier alpha value is -0.570. The van der Waals surface area contributed by atoms with E-state index in [9.17, 15) is 8.42 Å². The van der Waals surface area contributed by atoms with E-state index >= 15 is 0 Å². The molecule has 0 amide bonds. The predicted octanol–water partition coefficient (Wildman–Crippen LogP) is 1.11. The van der Waals surface area contributed by atoms with Crippen molar-refractivity contribution >= 4 is 10.2 Å². The largest absolute Gasteiger partial charge is 0.279 e. The van der Waals surface area contributed by atoms with Gasteiger partial charge in [-0.2, -0.15) is 12.7 Å². The van der Waals surface area contributed by atoms with Gasteiger partial charge in [0.25, 0.3) is 10.2 Å². The Bertz CT molecular complexity index is 324. The van der Waals surface area contributed by atoms with E-state index in [1.807, 2.05) is 0 Å². The average molecular weight is 244 g/mol. The summed E-state index contributed by atoms with van der Waals surface area (Å²) in [5.41, 5.74) is 0. The Morgan fingerprint density at radius 1 is 1.19 bits per heavy atom. The molecule has 0 bridgehead atoms. The second kappa shape index (κ2) is 6.89. The van der Waals surface area contributed by atoms with Gasteiger partial charge in [-0.3, -0.25) is 0 Å². The lowest BCUT2D eigenvalue weighted by Gasteiger charge is -2.19. The van der Waals surface area contributed by atoms with Crippen molar-refractivity contribution in [2.45, 2.75) is 38.5 Å². The molecule has 1 fully saturated rings. The number of hydrogen-bond acceptors (Lipinski definition) is 2. The van der Waals surface area contributed by atoms with Gasteiger partial charge < -0.3 is 0 Å². The number of nitrogens with zero attached hydrogens (tertiary/aromatic N) is 1. The lowest BCUT2D eigenvalue weighted by molar-refractivity contribution is 0.414. The van der Waals surface area contributed by atoms with E-state index < -0.39 is 10.2 Å². The van der Waals surface area contributed by atoms with E-state index in [0.717, 1.165) is 25.7 Å². The molecule has 0 aliphatic carbocycles. The van der Waals surface area contributed by atoms with Crippen LogP contribution in [0.15, 0.2) is 0 Å². The van der Waals surface area contributed by atoms with Crippen LogP contribution in [0.5, 0.6) is 0 Å². The molecule has 0 atom stereocenters. The van der Waals surface area contributed by atoms with E-state index in [4.69, 9.17) is 6.42 Å². The van der Waals surface area contributed by atoms with Crippen molar-refractivity contribution < 1.29 is 8.42 Å². The van der Waals surface area contributed by atoms with Gasteiger partial charge in [0.2, 0.25) is 0 Å². The summed E-state index contributed by atoms with van der Waals surface area (Å²) >= 11 is 0. The van der Waals surface area contributed by atoms with Crippen LogP contribution in [0, 0.1) is 12.3 Å². The quantitative estimate of drug-likeness (QED) is 0.582. The normalized spacial score (nSPS) is 18.9. The molecule has 0 unspecified atom stereocenters. The third-order valence-electron chi connectivity index (χ3n) is 2.69. The summed E-state index contributed by atoms with van der Waals surface area (Å²) in [4.78, 5) is 0. The van der Waals surface area contributed by atoms with Crippen LogP contribution in [0.1, 0.15) is 38.5 Å². The fourth-order valence-electron chi connectivity index (χ4n) is 1.76. The number of unbranched alkanes of at least 4 members (excludes halogenated alkanes) is 1. The van der Waals surface area contributed by atoms with Crippen LogP contribution in [0.25, 0.3) is 0 Å². The number of hydrogen-bond donors (Lipinski definition) is 1. The van der Waals surface area contributed by atoms with Crippen LogP contribution in [0.4, 0.5) is 0 Å². The summed E-state index contributed by atoms with van der Waals surface area (Å²) in [5.74, 6) is 2.50. The highest BCUT2D eigenvalue weighted by Gasteiger charge is 2.21. The molecular weight excluding hydrogens is 224 g/mol. The van der Waals surface area contributed by atoms with Crippen molar-refractivity contribution in [3.63, 3.8) is 0 Å². The van der Waals surface area contributed by atoms with Gasteiger partial charge in [0.05, 0.1) is 0 Å². The molecule has 0 aromatic rings. The molecule has 92 valence electrons. The van der Waals surface area contributed by atoms with Gasteiger partial charge in [0, 0.05) is 26.1 Å². The molecule has 1 heterocycles. The number of nitrogens with one attached hydrogen (secondary N) is 1. The van der Waals surface area contributed by atoms with Crippen LogP contribution in [-0.4, -0.2) is 32.4 Å². The lowest BCUT2D eigenvalue weighted by Crippen LogP contribution is -2.41. The van der Waals surface area contributed by atoms with Crippen molar-refractivity contribution in [2.24, 2.45) is 0 Å². The minimum absolute atomic E-state index is 0.434. The molecule has 1 aliphatic rings. The van der Waals surface area contributed by atoms with E-state index in [1.165, 1.54) is 0 Å². The SMILES string of the molecule is C#CCCCNS(=O)(=O)N1CCCCCC1. The molecule has 0 aromatic carbocycles. The molecule has 0 saturated carbocycles. The topological polar surface area (TPSA) is 49.4 Å². The maximum absolute atomic E-state index is 11.9. The van der Waals surface area contributed by atoms with Gasteiger partial charge in [-0.05, 0) is 19.3 Å². The van der Waals surface area contributed by atoms with Crippen LogP contribution < -0.4 is 4.72 Å². The summed E-state index contributed by atoms with van der Waals surface area (Å²) in [6, 6.07) is 0. The van der Waals surface area contributed by atoms with Gasteiger partial charge >= 0.3 is 0 Å². The second-order valence-electron chi connectivity index (χ2n) is 4.02. The first-order valence-electron chi connectivity index (χ1n) is 5.85. The first-order chi connectivity index (χ1) is 7.67. The molecule has 1 saturated heterocycles. The van der Waals surface area contributed by atoms with Crippen LogP contribution in [0.2, 0.25) is 0 Å². The summed E-state index contributed by atoms with van der Waals surface area (Å²) in [5, 5.41) is 0. The van der Waals surface area contributed by atoms with Crippen molar-refractivity contribution in [2.75, 3.05) is 19.6 Å². The Labute approximate surface area is 98.6 Å². The van der Waals surface area contributed by atoms with E-state index in [2.05, 4.69) is 10.6 Å². The van der Waals surface area contributed by atoms with Gasteiger partial charge in [-0.25, -0.2) is 4.72 Å². The first kappa shape index (κ1) is 13.5. The fraction of sp³-hybridized carbons (Fsp3) is 0.818. The first-order valence-corrected chi connectivity index (χ1v) is 7.29. The van der Waals surface area contributed by atoms with Crippen LogP contribution in [-0.2, 0) is 10.2 Å². The summed E-state index contributed by atoms with van der Waals surface area (Å²) in [6.07, 6.45) is 10.6. The van der Waals surface area contributed by atoms with Crippen molar-refractivity contribution in [3.05, 3.63) is 0 Å². The third kappa shape index (κ3) is 4.52. The summed E-state index contributed by atoms with van der Waals surface area (Å²) in [7, 11) is -3.27. The van der Waals surface area contributed by atoms with E-state index in [0.29, 0.717) is 32.5 Å². The minimum atomic E-state index is -3.27. The fourth-order valence-corrected chi connectivity index (χ4v) is 3.09. The van der Waals surface area contributed by atoms with Crippen molar-refractivity contribution in [3.8, 4) is 12.3 Å². The Kier molecular flexibility index (Phi) is 5.81. The van der Waals surface area contributed by atoms with Crippen molar-refractivity contribution in [1.82, 2.24) is 9.03 Å². The molecule has 0 aromatic heterocycles. The highest BCUT2D eigenvalue weighted by atomic mass is 32.2. The summed E-state index contributed by atoms with van der Waals surface area (Å²) < 4.78 is 27.9. The maximum Gasteiger partial charge on any atom is 0.279 e. The van der Waals surface area contributed by atoms with Crippen LogP contribution >= 0.6 is 0 Å². The number of rotatable bonds is 5. The van der Waals surface area contributed by atoms with Gasteiger partial charge in [-0.15, -0.1) is 12.3 Å². The average Bonchev–Trinajstić information content (AvgIpc) is 2.53. The zero-order valence-corrected chi connectivity index (χ0v) is 10.4. The monoisotopic (exact) mass is 244 g/mol. The Morgan fingerprint density at radius 3 is 2.38 bits per heavy atom. The van der Waals surface area contributed by atoms with Gasteiger partial charge in [-0.1, -0.05) is 12.8 Å². The Balaban J connectivity index is 2.39. The molecule has 0 spiro atoms. The van der Waals surface area contributed by atoms with Gasteiger partial charge in [0.15, 0.2) is 0 Å². The second-order valence-corrected chi connectivity index (χ2v) is 5.78. The highest BCUT2D eigenvalue weighted by Crippen LogP contribution is 2.12. The van der Waals surface area contributed by atoms with Gasteiger partial charge in [0.1, 0.15) is 0 Å². The maximum atomic E-state index is 11.9. The van der Waals surface area contributed by atoms with Crippen molar-refractivity contribution in [1.29, 1.82) is 0 Å². The zero-order valence-electron chi connectivity index (χ0n) is 9.61.